The molecule has 0 N–H and O–H groups in total. The van der Waals surface area contributed by atoms with E-state index in [-0.39, 0.29) is 12.4 Å². The number of halogens is 1. The molecule has 1 fully saturated rings. The first-order chi connectivity index (χ1) is 11.1. The molecule has 1 heterocycles. The van der Waals surface area contributed by atoms with Crippen LogP contribution in [0.4, 0.5) is 0 Å². The average Bonchev–Trinajstić information content (AvgIpc) is 2.72. The number of carbonyl (C=O) groups excluding carboxylic acids is 1. The van der Waals surface area contributed by atoms with E-state index in [1.54, 1.807) is 25.3 Å². The molecule has 0 radical (unpaired) electrons. The summed E-state index contributed by atoms with van der Waals surface area (Å²) in [5.41, 5.74) is -0.246. The second kappa shape index (κ2) is 6.94. The number of carbonyl (C=O) groups is 1. The van der Waals surface area contributed by atoms with Crippen LogP contribution in [0.5, 0.6) is 5.75 Å². The van der Waals surface area contributed by atoms with E-state index in [9.17, 15) is 4.79 Å². The summed E-state index contributed by atoms with van der Waals surface area (Å²) in [6.45, 7) is 7.88. The molecule has 5 nitrogen and oxygen atoms in total. The third kappa shape index (κ3) is 3.71. The van der Waals surface area contributed by atoms with Gasteiger partial charge in [-0.25, -0.2) is 0 Å². The van der Waals surface area contributed by atoms with Crippen LogP contribution in [0.25, 0.3) is 0 Å². The molecule has 0 amide bonds. The highest BCUT2D eigenvalue weighted by molar-refractivity contribution is 6.48. The fourth-order valence-electron chi connectivity index (χ4n) is 2.66. The summed E-state index contributed by atoms with van der Waals surface area (Å²) in [4.78, 5) is 12.0. The first-order valence-corrected chi connectivity index (χ1v) is 8.25. The molecule has 1 aromatic rings. The summed E-state index contributed by atoms with van der Waals surface area (Å²) in [6.07, 6.45) is 0.101. The Kier molecular flexibility index (Phi) is 5.52. The van der Waals surface area contributed by atoms with Crippen molar-refractivity contribution in [2.24, 2.45) is 0 Å². The minimum Gasteiger partial charge on any atom is -0.496 e. The van der Waals surface area contributed by atoms with Crippen LogP contribution < -0.4 is 4.74 Å². The van der Waals surface area contributed by atoms with E-state index in [0.717, 1.165) is 5.56 Å². The van der Waals surface area contributed by atoms with Gasteiger partial charge in [0, 0.05) is 10.8 Å². The van der Waals surface area contributed by atoms with Crippen LogP contribution in [-0.4, -0.2) is 38.5 Å². The second-order valence-corrected chi connectivity index (χ2v) is 7.33. The SMILES string of the molecule is COC(=O)CC(B1OC(C)(C)C(C)(C)O1)c1cc(Cl)ccc1OC. The highest BCUT2D eigenvalue weighted by atomic mass is 35.5. The van der Waals surface area contributed by atoms with Gasteiger partial charge in [-0.15, -0.1) is 0 Å². The zero-order valence-electron chi connectivity index (χ0n) is 15.0. The van der Waals surface area contributed by atoms with E-state index in [2.05, 4.69) is 0 Å². The van der Waals surface area contributed by atoms with Crippen LogP contribution in [0.3, 0.4) is 0 Å². The van der Waals surface area contributed by atoms with Crippen LogP contribution in [0.15, 0.2) is 18.2 Å². The summed E-state index contributed by atoms with van der Waals surface area (Å²) in [5.74, 6) is -0.119. The van der Waals surface area contributed by atoms with Gasteiger partial charge < -0.3 is 18.8 Å². The van der Waals surface area contributed by atoms with Crippen molar-refractivity contribution in [2.75, 3.05) is 14.2 Å². The fraction of sp³-hybridized carbons (Fsp3) is 0.588. The van der Waals surface area contributed by atoms with Crippen molar-refractivity contribution in [3.63, 3.8) is 0 Å². The molecule has 0 bridgehead atoms. The Hall–Kier alpha value is -1.24. The molecule has 0 aliphatic carbocycles. The lowest BCUT2D eigenvalue weighted by Crippen LogP contribution is -2.41. The molecule has 24 heavy (non-hydrogen) atoms. The molecule has 1 aromatic carbocycles. The summed E-state index contributed by atoms with van der Waals surface area (Å²) in [5, 5.41) is 0.553. The van der Waals surface area contributed by atoms with Crippen LogP contribution in [-0.2, 0) is 18.8 Å². The van der Waals surface area contributed by atoms with Gasteiger partial charge >= 0.3 is 13.1 Å². The molecule has 132 valence electrons. The molecule has 2 rings (SSSR count). The fourth-order valence-corrected chi connectivity index (χ4v) is 2.84. The van der Waals surface area contributed by atoms with Crippen LogP contribution in [0.1, 0.15) is 45.5 Å². The maximum atomic E-state index is 12.0. The Bertz CT molecular complexity index is 601. The quantitative estimate of drug-likeness (QED) is 0.597. The van der Waals surface area contributed by atoms with E-state index in [4.69, 9.17) is 30.4 Å². The summed E-state index contributed by atoms with van der Waals surface area (Å²) in [7, 11) is 2.33. The van der Waals surface area contributed by atoms with Crippen molar-refractivity contribution in [3.05, 3.63) is 28.8 Å². The Labute approximate surface area is 148 Å². The predicted octanol–water partition coefficient (Wildman–Crippen LogP) is 3.63. The van der Waals surface area contributed by atoms with Crippen LogP contribution in [0, 0.1) is 0 Å². The lowest BCUT2D eigenvalue weighted by molar-refractivity contribution is -0.140. The highest BCUT2D eigenvalue weighted by Crippen LogP contribution is 2.43. The Balaban J connectivity index is 2.44. The topological polar surface area (TPSA) is 54.0 Å². The van der Waals surface area contributed by atoms with E-state index < -0.39 is 24.1 Å². The molecule has 1 saturated heterocycles. The van der Waals surface area contributed by atoms with Crippen molar-refractivity contribution in [1.29, 1.82) is 0 Å². The smallest absolute Gasteiger partial charge is 0.466 e. The van der Waals surface area contributed by atoms with Gasteiger partial charge in [-0.05, 0) is 51.5 Å². The molecule has 0 spiro atoms. The Morgan fingerprint density at radius 3 is 2.29 bits per heavy atom. The van der Waals surface area contributed by atoms with Gasteiger partial charge in [0.15, 0.2) is 0 Å². The van der Waals surface area contributed by atoms with Gasteiger partial charge in [0.25, 0.3) is 0 Å². The minimum atomic E-state index is -0.610. The van der Waals surface area contributed by atoms with Crippen molar-refractivity contribution >= 4 is 24.7 Å². The number of esters is 1. The largest absolute Gasteiger partial charge is 0.496 e. The second-order valence-electron chi connectivity index (χ2n) is 6.90. The molecule has 1 aliphatic heterocycles. The normalized spacial score (nSPS) is 19.9. The lowest BCUT2D eigenvalue weighted by atomic mass is 9.66. The maximum Gasteiger partial charge on any atom is 0.466 e. The summed E-state index contributed by atoms with van der Waals surface area (Å²) >= 11 is 6.15. The highest BCUT2D eigenvalue weighted by Gasteiger charge is 2.54. The number of benzene rings is 1. The lowest BCUT2D eigenvalue weighted by Gasteiger charge is -2.32. The van der Waals surface area contributed by atoms with Gasteiger partial charge in [0.05, 0.1) is 31.8 Å². The molecule has 0 aromatic heterocycles. The third-order valence-corrected chi connectivity index (χ3v) is 5.04. The Morgan fingerprint density at radius 2 is 1.79 bits per heavy atom. The molecular weight excluding hydrogens is 330 g/mol. The summed E-state index contributed by atoms with van der Waals surface area (Å²) < 4.78 is 22.6. The first kappa shape index (κ1) is 19.1. The molecule has 1 unspecified atom stereocenters. The predicted molar refractivity (Wildman–Crippen MR) is 93.5 cm³/mol. The van der Waals surface area contributed by atoms with Crippen molar-refractivity contribution < 1.29 is 23.6 Å². The van der Waals surface area contributed by atoms with Crippen molar-refractivity contribution in [2.45, 2.75) is 51.1 Å². The van der Waals surface area contributed by atoms with Gasteiger partial charge in [0.2, 0.25) is 0 Å². The first-order valence-electron chi connectivity index (χ1n) is 7.87. The zero-order valence-corrected chi connectivity index (χ0v) is 15.8. The van der Waals surface area contributed by atoms with Gasteiger partial charge in [-0.1, -0.05) is 11.6 Å². The van der Waals surface area contributed by atoms with E-state index in [1.807, 2.05) is 27.7 Å². The van der Waals surface area contributed by atoms with Gasteiger partial charge in [-0.2, -0.15) is 0 Å². The standard InChI is InChI=1S/C17H24BClO5/c1-16(2)17(3,4)24-18(23-16)13(10-15(20)22-6)12-9-11(19)7-8-14(12)21-5/h7-9,13H,10H2,1-6H3. The third-order valence-electron chi connectivity index (χ3n) is 4.81. The maximum absolute atomic E-state index is 12.0. The minimum absolute atomic E-state index is 0.101. The van der Waals surface area contributed by atoms with Gasteiger partial charge in [0.1, 0.15) is 5.75 Å². The monoisotopic (exact) mass is 354 g/mol. The van der Waals surface area contributed by atoms with Crippen molar-refractivity contribution in [3.8, 4) is 5.75 Å². The molecule has 0 saturated carbocycles. The number of ether oxygens (including phenoxy) is 2. The zero-order chi connectivity index (χ0) is 18.1. The average molecular weight is 355 g/mol. The van der Waals surface area contributed by atoms with E-state index in [1.165, 1.54) is 7.11 Å². The molecule has 1 atom stereocenters. The number of rotatable bonds is 5. The number of hydrogen-bond acceptors (Lipinski definition) is 5. The number of methoxy groups -OCH3 is 2. The molecular formula is C17H24BClO5. The van der Waals surface area contributed by atoms with Crippen molar-refractivity contribution in [1.82, 2.24) is 0 Å². The number of hydrogen-bond donors (Lipinski definition) is 0. The van der Waals surface area contributed by atoms with Gasteiger partial charge in [-0.3, -0.25) is 4.79 Å². The molecule has 1 aliphatic rings. The summed E-state index contributed by atoms with van der Waals surface area (Å²) in [6, 6.07) is 5.29. The van der Waals surface area contributed by atoms with Crippen LogP contribution in [0.2, 0.25) is 5.02 Å². The van der Waals surface area contributed by atoms with E-state index >= 15 is 0 Å². The molecule has 7 heteroatoms. The Morgan fingerprint density at radius 1 is 1.21 bits per heavy atom. The van der Waals surface area contributed by atoms with Crippen LogP contribution >= 0.6 is 11.6 Å². The van der Waals surface area contributed by atoms with E-state index in [0.29, 0.717) is 10.8 Å².